The zero-order chi connectivity index (χ0) is 9.54. The number of nitrogens with two attached hydrogens (primary N) is 1. The number of rotatable bonds is 1. The van der Waals surface area contributed by atoms with Crippen molar-refractivity contribution >= 4 is 0 Å². The number of fused-ring (bicyclic) bond motifs is 1. The average Bonchev–Trinajstić information content (AvgIpc) is 3.01. The Labute approximate surface area is 83.8 Å². The van der Waals surface area contributed by atoms with Gasteiger partial charge in [-0.15, -0.1) is 0 Å². The smallest absolute Gasteiger partial charge is 0.131 e. The number of aryl methyl sites for hydroxylation is 1. The van der Waals surface area contributed by atoms with Crippen LogP contribution in [0.5, 0.6) is 0 Å². The summed E-state index contributed by atoms with van der Waals surface area (Å²) in [5.74, 6) is 1.70. The van der Waals surface area contributed by atoms with Crippen LogP contribution in [0.1, 0.15) is 54.7 Å². The lowest BCUT2D eigenvalue weighted by atomic mass is 9.93. The zero-order valence-corrected chi connectivity index (χ0v) is 8.24. The van der Waals surface area contributed by atoms with Crippen LogP contribution in [0.2, 0.25) is 0 Å². The Kier molecular flexibility index (Phi) is 1.80. The van der Waals surface area contributed by atoms with E-state index in [-0.39, 0.29) is 6.04 Å². The van der Waals surface area contributed by atoms with Crippen LogP contribution in [0.25, 0.3) is 0 Å². The van der Waals surface area contributed by atoms with Crippen molar-refractivity contribution in [3.63, 3.8) is 0 Å². The molecule has 3 rings (SSSR count). The molecular formula is C11H15N3. The Hall–Kier alpha value is -0.960. The lowest BCUT2D eigenvalue weighted by Crippen LogP contribution is -2.19. The predicted molar refractivity (Wildman–Crippen MR) is 53.9 cm³/mol. The van der Waals surface area contributed by atoms with Gasteiger partial charge in [0, 0.05) is 29.4 Å². The fraction of sp³-hybridized carbons (Fsp3) is 0.636. The quantitative estimate of drug-likeness (QED) is 0.731. The Morgan fingerprint density at radius 1 is 1.29 bits per heavy atom. The van der Waals surface area contributed by atoms with Gasteiger partial charge in [0.05, 0.1) is 0 Å². The van der Waals surface area contributed by atoms with E-state index in [1.165, 1.54) is 30.5 Å². The molecule has 0 saturated heterocycles. The molecule has 0 radical (unpaired) electrons. The summed E-state index contributed by atoms with van der Waals surface area (Å²) in [5, 5.41) is 0. The third-order valence-corrected chi connectivity index (χ3v) is 3.19. The standard InChI is InChI=1S/C11H15N3/c12-9-2-1-3-10-8(9)6-13-11(14-10)7-4-5-7/h6-7,9H,1-5,12H2. The molecule has 1 saturated carbocycles. The minimum Gasteiger partial charge on any atom is -0.324 e. The molecule has 1 aromatic rings. The van der Waals surface area contributed by atoms with Gasteiger partial charge in [-0.3, -0.25) is 0 Å². The molecule has 2 aliphatic rings. The summed E-state index contributed by atoms with van der Waals surface area (Å²) in [4.78, 5) is 9.05. The average molecular weight is 189 g/mol. The summed E-state index contributed by atoms with van der Waals surface area (Å²) in [6.45, 7) is 0. The van der Waals surface area contributed by atoms with E-state index < -0.39 is 0 Å². The van der Waals surface area contributed by atoms with Gasteiger partial charge in [-0.25, -0.2) is 9.97 Å². The molecule has 14 heavy (non-hydrogen) atoms. The molecule has 3 nitrogen and oxygen atoms in total. The summed E-state index contributed by atoms with van der Waals surface area (Å²) in [5.41, 5.74) is 8.40. The second kappa shape index (κ2) is 3.02. The van der Waals surface area contributed by atoms with E-state index in [1.54, 1.807) is 0 Å². The fourth-order valence-corrected chi connectivity index (χ4v) is 2.14. The van der Waals surface area contributed by atoms with Gasteiger partial charge in [0.25, 0.3) is 0 Å². The molecule has 0 spiro atoms. The Balaban J connectivity index is 2.00. The molecule has 1 atom stereocenters. The highest BCUT2D eigenvalue weighted by Crippen LogP contribution is 2.38. The molecule has 2 N–H and O–H groups in total. The first-order chi connectivity index (χ1) is 6.84. The van der Waals surface area contributed by atoms with E-state index in [4.69, 9.17) is 5.73 Å². The van der Waals surface area contributed by atoms with Crippen molar-refractivity contribution < 1.29 is 0 Å². The highest BCUT2D eigenvalue weighted by molar-refractivity contribution is 5.25. The van der Waals surface area contributed by atoms with Crippen molar-refractivity contribution in [3.8, 4) is 0 Å². The first-order valence-corrected chi connectivity index (χ1v) is 5.46. The molecule has 0 bridgehead atoms. The third kappa shape index (κ3) is 1.32. The van der Waals surface area contributed by atoms with Gasteiger partial charge in [-0.05, 0) is 32.1 Å². The molecule has 1 aromatic heterocycles. The van der Waals surface area contributed by atoms with E-state index in [0.717, 1.165) is 18.7 Å². The monoisotopic (exact) mass is 189 g/mol. The maximum atomic E-state index is 6.01. The molecule has 1 unspecified atom stereocenters. The molecule has 2 aliphatic carbocycles. The third-order valence-electron chi connectivity index (χ3n) is 3.19. The zero-order valence-electron chi connectivity index (χ0n) is 8.24. The molecule has 0 aromatic carbocycles. The first-order valence-electron chi connectivity index (χ1n) is 5.46. The minimum atomic E-state index is 0.173. The van der Waals surface area contributed by atoms with Crippen molar-refractivity contribution in [2.45, 2.75) is 44.1 Å². The fourth-order valence-electron chi connectivity index (χ4n) is 2.14. The van der Waals surface area contributed by atoms with Gasteiger partial charge in [-0.2, -0.15) is 0 Å². The summed E-state index contributed by atoms with van der Waals surface area (Å²) in [6, 6.07) is 0.173. The van der Waals surface area contributed by atoms with E-state index >= 15 is 0 Å². The Bertz CT molecular complexity index is 358. The molecule has 0 aliphatic heterocycles. The van der Waals surface area contributed by atoms with Crippen LogP contribution in [0.15, 0.2) is 6.20 Å². The van der Waals surface area contributed by atoms with Crippen LogP contribution in [-0.2, 0) is 6.42 Å². The second-order valence-corrected chi connectivity index (χ2v) is 4.40. The van der Waals surface area contributed by atoms with Crippen molar-refractivity contribution in [1.82, 2.24) is 9.97 Å². The van der Waals surface area contributed by atoms with Crippen LogP contribution in [0.3, 0.4) is 0 Å². The predicted octanol–water partition coefficient (Wildman–Crippen LogP) is 1.69. The molecular weight excluding hydrogens is 174 g/mol. The normalized spacial score (nSPS) is 25.9. The van der Waals surface area contributed by atoms with Crippen LogP contribution in [-0.4, -0.2) is 9.97 Å². The number of aromatic nitrogens is 2. The SMILES string of the molecule is NC1CCCc2nc(C3CC3)ncc21. The lowest BCUT2D eigenvalue weighted by molar-refractivity contribution is 0.553. The highest BCUT2D eigenvalue weighted by atomic mass is 14.9. The van der Waals surface area contributed by atoms with Crippen molar-refractivity contribution in [3.05, 3.63) is 23.3 Å². The molecule has 74 valence electrons. The second-order valence-electron chi connectivity index (χ2n) is 4.40. The van der Waals surface area contributed by atoms with Crippen LogP contribution < -0.4 is 5.73 Å². The van der Waals surface area contributed by atoms with Crippen molar-refractivity contribution in [2.24, 2.45) is 5.73 Å². The highest BCUT2D eigenvalue weighted by Gasteiger charge is 2.28. The van der Waals surface area contributed by atoms with E-state index in [9.17, 15) is 0 Å². The summed E-state index contributed by atoms with van der Waals surface area (Å²) >= 11 is 0. The summed E-state index contributed by atoms with van der Waals surface area (Å²) < 4.78 is 0. The van der Waals surface area contributed by atoms with Crippen molar-refractivity contribution in [1.29, 1.82) is 0 Å². The van der Waals surface area contributed by atoms with Gasteiger partial charge in [0.15, 0.2) is 0 Å². The number of hydrogen-bond acceptors (Lipinski definition) is 3. The lowest BCUT2D eigenvalue weighted by Gasteiger charge is -2.20. The first kappa shape index (κ1) is 8.36. The van der Waals surface area contributed by atoms with E-state index in [2.05, 4.69) is 9.97 Å². The van der Waals surface area contributed by atoms with Crippen molar-refractivity contribution in [2.75, 3.05) is 0 Å². The molecule has 1 fully saturated rings. The topological polar surface area (TPSA) is 51.8 Å². The number of nitrogens with zero attached hydrogens (tertiary/aromatic N) is 2. The minimum absolute atomic E-state index is 0.173. The van der Waals surface area contributed by atoms with Gasteiger partial charge in [-0.1, -0.05) is 0 Å². The van der Waals surface area contributed by atoms with Gasteiger partial charge < -0.3 is 5.73 Å². The molecule has 0 amide bonds. The maximum absolute atomic E-state index is 6.01. The van der Waals surface area contributed by atoms with Gasteiger partial charge in [0.1, 0.15) is 5.82 Å². The van der Waals surface area contributed by atoms with E-state index in [0.29, 0.717) is 5.92 Å². The Morgan fingerprint density at radius 2 is 2.14 bits per heavy atom. The summed E-state index contributed by atoms with van der Waals surface area (Å²) in [6.07, 6.45) is 7.84. The number of hydrogen-bond donors (Lipinski definition) is 1. The van der Waals surface area contributed by atoms with Crippen LogP contribution in [0.4, 0.5) is 0 Å². The molecule has 1 heterocycles. The molecule has 3 heteroatoms. The maximum Gasteiger partial charge on any atom is 0.131 e. The summed E-state index contributed by atoms with van der Waals surface area (Å²) in [7, 11) is 0. The van der Waals surface area contributed by atoms with Crippen LogP contribution in [0, 0.1) is 0 Å². The van der Waals surface area contributed by atoms with E-state index in [1.807, 2.05) is 6.20 Å². The largest absolute Gasteiger partial charge is 0.324 e. The van der Waals surface area contributed by atoms with Gasteiger partial charge in [0.2, 0.25) is 0 Å². The van der Waals surface area contributed by atoms with Crippen LogP contribution >= 0.6 is 0 Å². The Morgan fingerprint density at radius 3 is 2.93 bits per heavy atom. The van der Waals surface area contributed by atoms with Gasteiger partial charge >= 0.3 is 0 Å².